The van der Waals surface area contributed by atoms with Crippen LogP contribution in [0, 0.1) is 12.8 Å². The Bertz CT molecular complexity index is 570. The Labute approximate surface area is 117 Å². The molecule has 106 valence electrons. The van der Waals surface area contributed by atoms with Crippen molar-refractivity contribution in [2.75, 3.05) is 6.54 Å². The number of hydrogen-bond donors (Lipinski definition) is 1. The van der Waals surface area contributed by atoms with E-state index in [0.717, 1.165) is 18.5 Å². The summed E-state index contributed by atoms with van der Waals surface area (Å²) < 4.78 is 0. The van der Waals surface area contributed by atoms with Crippen molar-refractivity contribution in [3.05, 3.63) is 23.8 Å². The summed E-state index contributed by atoms with van der Waals surface area (Å²) in [6.07, 6.45) is 3.68. The lowest BCUT2D eigenvalue weighted by atomic mass is 9.91. The summed E-state index contributed by atoms with van der Waals surface area (Å²) in [6, 6.07) is 1.78. The molecule has 1 unspecified atom stereocenters. The molecule has 2 fully saturated rings. The van der Waals surface area contributed by atoms with Crippen molar-refractivity contribution in [2.24, 2.45) is 5.92 Å². The Hall–Kier alpha value is -1.98. The average molecular weight is 274 g/mol. The minimum absolute atomic E-state index is 0.00383. The Morgan fingerprint density at radius 2 is 2.20 bits per heavy atom. The maximum Gasteiger partial charge on any atom is 0.249 e. The lowest BCUT2D eigenvalue weighted by molar-refractivity contribution is -0.150. The summed E-state index contributed by atoms with van der Waals surface area (Å²) in [5.74, 6) is 0.843. The minimum Gasteiger partial charge on any atom is -0.340 e. The molecule has 6 nitrogen and oxygen atoms in total. The highest BCUT2D eigenvalue weighted by Crippen LogP contribution is 2.41. The lowest BCUT2D eigenvalue weighted by Crippen LogP contribution is -2.66. The quantitative estimate of drug-likeness (QED) is 0.866. The van der Waals surface area contributed by atoms with Crippen LogP contribution in [0.5, 0.6) is 0 Å². The second kappa shape index (κ2) is 4.54. The lowest BCUT2D eigenvalue weighted by Gasteiger charge is -2.40. The summed E-state index contributed by atoms with van der Waals surface area (Å²) in [5, 5.41) is 2.87. The van der Waals surface area contributed by atoms with Crippen LogP contribution in [-0.4, -0.2) is 38.8 Å². The minimum atomic E-state index is -0.739. The molecule has 2 heterocycles. The molecule has 1 N–H and O–H groups in total. The summed E-state index contributed by atoms with van der Waals surface area (Å²) >= 11 is 0. The van der Waals surface area contributed by atoms with Gasteiger partial charge in [-0.3, -0.25) is 9.59 Å². The van der Waals surface area contributed by atoms with Crippen LogP contribution in [0.15, 0.2) is 12.3 Å². The predicted molar refractivity (Wildman–Crippen MR) is 71.5 cm³/mol. The standard InChI is InChI=1S/C14H18N4O2/c1-9-15-6-5-11(16-9)7-18-8-12(19)17-14(2,13(18)20)10-3-4-10/h5-6,10H,3-4,7-8H2,1-2H3,(H,17,19). The molecule has 0 aromatic carbocycles. The van der Waals surface area contributed by atoms with Gasteiger partial charge in [-0.25, -0.2) is 9.97 Å². The maximum absolute atomic E-state index is 12.6. The van der Waals surface area contributed by atoms with Gasteiger partial charge in [-0.05, 0) is 38.7 Å². The normalized spacial score (nSPS) is 26.6. The number of carbonyl (C=O) groups is 2. The van der Waals surface area contributed by atoms with Crippen LogP contribution in [0.4, 0.5) is 0 Å². The molecule has 0 radical (unpaired) electrons. The maximum atomic E-state index is 12.6. The first kappa shape index (κ1) is 13.0. The highest BCUT2D eigenvalue weighted by atomic mass is 16.2. The number of carbonyl (C=O) groups excluding carboxylic acids is 2. The fourth-order valence-electron chi connectivity index (χ4n) is 2.81. The van der Waals surface area contributed by atoms with E-state index in [2.05, 4.69) is 15.3 Å². The highest BCUT2D eigenvalue weighted by molar-refractivity contribution is 5.98. The van der Waals surface area contributed by atoms with Gasteiger partial charge in [0.25, 0.3) is 0 Å². The summed E-state index contributed by atoms with van der Waals surface area (Å²) in [6.45, 7) is 4.10. The molecular weight excluding hydrogens is 256 g/mol. The van der Waals surface area contributed by atoms with E-state index in [4.69, 9.17) is 0 Å². The van der Waals surface area contributed by atoms with Crippen molar-refractivity contribution in [1.82, 2.24) is 20.2 Å². The first-order valence-electron chi connectivity index (χ1n) is 6.88. The fourth-order valence-corrected chi connectivity index (χ4v) is 2.81. The first-order chi connectivity index (χ1) is 9.49. The van der Waals surface area contributed by atoms with Gasteiger partial charge in [-0.15, -0.1) is 0 Å². The number of rotatable bonds is 3. The van der Waals surface area contributed by atoms with Crippen molar-refractivity contribution in [3.8, 4) is 0 Å². The zero-order valence-electron chi connectivity index (χ0n) is 11.7. The highest BCUT2D eigenvalue weighted by Gasteiger charge is 2.52. The number of hydrogen-bond acceptors (Lipinski definition) is 4. The van der Waals surface area contributed by atoms with Gasteiger partial charge in [0.05, 0.1) is 12.2 Å². The van der Waals surface area contributed by atoms with Crippen LogP contribution >= 0.6 is 0 Å². The Morgan fingerprint density at radius 3 is 2.85 bits per heavy atom. The molecule has 1 aliphatic carbocycles. The van der Waals surface area contributed by atoms with Crippen LogP contribution < -0.4 is 5.32 Å². The third-order valence-electron chi connectivity index (χ3n) is 4.05. The fraction of sp³-hybridized carbons (Fsp3) is 0.571. The molecule has 2 amide bonds. The molecule has 1 aromatic rings. The van der Waals surface area contributed by atoms with E-state index in [9.17, 15) is 9.59 Å². The van der Waals surface area contributed by atoms with Crippen LogP contribution in [0.3, 0.4) is 0 Å². The smallest absolute Gasteiger partial charge is 0.249 e. The molecule has 1 saturated heterocycles. The van der Waals surface area contributed by atoms with Crippen LogP contribution in [0.1, 0.15) is 31.3 Å². The van der Waals surface area contributed by atoms with Crippen molar-refractivity contribution in [3.63, 3.8) is 0 Å². The van der Waals surface area contributed by atoms with Gasteiger partial charge in [0.2, 0.25) is 11.8 Å². The number of aryl methyl sites for hydroxylation is 1. The zero-order chi connectivity index (χ0) is 14.3. The molecule has 20 heavy (non-hydrogen) atoms. The second-order valence-electron chi connectivity index (χ2n) is 5.78. The molecule has 1 aliphatic heterocycles. The van der Waals surface area contributed by atoms with Crippen molar-refractivity contribution < 1.29 is 9.59 Å². The van der Waals surface area contributed by atoms with E-state index in [1.165, 1.54) is 0 Å². The van der Waals surface area contributed by atoms with Gasteiger partial charge in [-0.2, -0.15) is 0 Å². The van der Waals surface area contributed by atoms with Crippen LogP contribution in [0.2, 0.25) is 0 Å². The first-order valence-corrected chi connectivity index (χ1v) is 6.88. The number of amides is 2. The van der Waals surface area contributed by atoms with E-state index < -0.39 is 5.54 Å². The third kappa shape index (κ3) is 2.26. The second-order valence-corrected chi connectivity index (χ2v) is 5.78. The number of nitrogens with zero attached hydrogens (tertiary/aromatic N) is 3. The summed E-state index contributed by atoms with van der Waals surface area (Å²) in [4.78, 5) is 34.5. The third-order valence-corrected chi connectivity index (χ3v) is 4.05. The molecule has 0 spiro atoms. The molecule has 2 aliphatic rings. The van der Waals surface area contributed by atoms with Gasteiger partial charge in [-0.1, -0.05) is 0 Å². The molecular formula is C14H18N4O2. The number of nitrogens with one attached hydrogen (secondary N) is 1. The Balaban J connectivity index is 1.81. The van der Waals surface area contributed by atoms with Gasteiger partial charge in [0, 0.05) is 6.20 Å². The monoisotopic (exact) mass is 274 g/mol. The topological polar surface area (TPSA) is 75.2 Å². The van der Waals surface area contributed by atoms with Crippen molar-refractivity contribution in [2.45, 2.75) is 38.8 Å². The van der Waals surface area contributed by atoms with Crippen molar-refractivity contribution >= 4 is 11.8 Å². The van der Waals surface area contributed by atoms with E-state index >= 15 is 0 Å². The van der Waals surface area contributed by atoms with E-state index in [1.807, 2.05) is 13.8 Å². The number of aromatic nitrogens is 2. The van der Waals surface area contributed by atoms with E-state index in [1.54, 1.807) is 17.2 Å². The summed E-state index contributed by atoms with van der Waals surface area (Å²) in [5.41, 5.74) is 0.0240. The zero-order valence-corrected chi connectivity index (χ0v) is 11.7. The van der Waals surface area contributed by atoms with Gasteiger partial charge < -0.3 is 10.2 Å². The van der Waals surface area contributed by atoms with Crippen LogP contribution in [-0.2, 0) is 16.1 Å². The molecule has 6 heteroatoms. The molecule has 1 aromatic heterocycles. The van der Waals surface area contributed by atoms with Crippen LogP contribution in [0.25, 0.3) is 0 Å². The Kier molecular flexibility index (Phi) is 2.96. The van der Waals surface area contributed by atoms with E-state index in [0.29, 0.717) is 12.4 Å². The predicted octanol–water partition coefficient (Wildman–Crippen LogP) is 0.412. The van der Waals surface area contributed by atoms with Gasteiger partial charge in [0.1, 0.15) is 17.9 Å². The van der Waals surface area contributed by atoms with E-state index in [-0.39, 0.29) is 24.3 Å². The Morgan fingerprint density at radius 1 is 1.45 bits per heavy atom. The van der Waals surface area contributed by atoms with Gasteiger partial charge >= 0.3 is 0 Å². The van der Waals surface area contributed by atoms with Gasteiger partial charge in [0.15, 0.2) is 0 Å². The molecule has 0 bridgehead atoms. The number of piperazine rings is 1. The molecule has 1 saturated carbocycles. The average Bonchev–Trinajstić information content (AvgIpc) is 3.20. The largest absolute Gasteiger partial charge is 0.340 e. The summed E-state index contributed by atoms with van der Waals surface area (Å²) in [7, 11) is 0. The molecule has 1 atom stereocenters. The van der Waals surface area contributed by atoms with Crippen molar-refractivity contribution in [1.29, 1.82) is 0 Å². The molecule has 3 rings (SSSR count). The SMILES string of the molecule is Cc1nccc(CN2CC(=O)NC(C)(C3CC3)C2=O)n1.